The second-order valence-corrected chi connectivity index (χ2v) is 16.2. The lowest BCUT2D eigenvalue weighted by Gasteiger charge is -2.44. The first kappa shape index (κ1) is 40.8. The van der Waals surface area contributed by atoms with Gasteiger partial charge in [-0.15, -0.1) is 17.4 Å². The molecule has 0 amide bonds. The topological polar surface area (TPSA) is 99.8 Å². The Bertz CT molecular complexity index is 2290. The molecule has 4 aromatic carbocycles. The van der Waals surface area contributed by atoms with Crippen LogP contribution in [0.25, 0.3) is 4.95 Å². The number of hydroxylamine groups is 3. The van der Waals surface area contributed by atoms with E-state index in [1.54, 1.807) is 12.5 Å². The van der Waals surface area contributed by atoms with Crippen LogP contribution < -0.4 is 11.2 Å². The summed E-state index contributed by atoms with van der Waals surface area (Å²) in [5.41, 5.74) is 14.6. The van der Waals surface area contributed by atoms with Gasteiger partial charge in [0.2, 0.25) is 11.7 Å². The van der Waals surface area contributed by atoms with Crippen LogP contribution in [0.4, 0.5) is 17.6 Å². The van der Waals surface area contributed by atoms with Gasteiger partial charge in [-0.3, -0.25) is 0 Å². The van der Waals surface area contributed by atoms with E-state index in [0.29, 0.717) is 31.6 Å². The van der Waals surface area contributed by atoms with E-state index in [2.05, 4.69) is 48.0 Å². The summed E-state index contributed by atoms with van der Waals surface area (Å²) in [6, 6.07) is 17.4. The minimum atomic E-state index is -0.951. The van der Waals surface area contributed by atoms with Gasteiger partial charge < -0.3 is 10.9 Å². The lowest BCUT2D eigenvalue weighted by atomic mass is 9.65. The average molecular weight is 905 g/mol. The second-order valence-electron chi connectivity index (χ2n) is 14.4. The Morgan fingerprint density at radius 1 is 0.818 bits per heavy atom. The molecular weight excluding hydrogens is 868 g/mol. The highest BCUT2D eigenvalue weighted by molar-refractivity contribution is 9.10. The second kappa shape index (κ2) is 15.6. The van der Waals surface area contributed by atoms with Gasteiger partial charge >= 0.3 is 0 Å². The molecular formula is C40H37Br2ClF4N6O2. The zero-order chi connectivity index (χ0) is 38.6. The largest absolute Gasteiger partial charge is 0.368 e. The monoisotopic (exact) mass is 902 g/mol. The Labute approximate surface area is 339 Å². The van der Waals surface area contributed by atoms with Crippen molar-refractivity contribution in [1.29, 1.82) is 0 Å². The fraction of sp³-hybridized carbons (Fsp3) is 0.325. The van der Waals surface area contributed by atoms with Gasteiger partial charge in [0, 0.05) is 45.0 Å². The highest BCUT2D eigenvalue weighted by Crippen LogP contribution is 2.61. The number of aryl methyl sites for hydroxylation is 2. The number of nitrogens with zero attached hydrogens (tertiary/aromatic N) is 4. The number of fused-ring (bicyclic) bond motifs is 6. The number of benzene rings is 4. The lowest BCUT2D eigenvalue weighted by Crippen LogP contribution is -2.47. The Kier molecular flexibility index (Phi) is 11.6. The molecule has 0 bridgehead atoms. The number of hydrogen-bond donors (Lipinski definition) is 3. The Hall–Kier alpha value is -3.84. The van der Waals surface area contributed by atoms with Crippen LogP contribution in [0.5, 0.6) is 0 Å². The van der Waals surface area contributed by atoms with Gasteiger partial charge in [0.1, 0.15) is 5.71 Å². The minimum absolute atomic E-state index is 0. The first-order valence-electron chi connectivity index (χ1n) is 17.3. The third kappa shape index (κ3) is 7.08. The van der Waals surface area contributed by atoms with Crippen molar-refractivity contribution in [2.24, 2.45) is 26.7 Å². The van der Waals surface area contributed by atoms with E-state index in [-0.39, 0.29) is 17.8 Å². The summed E-state index contributed by atoms with van der Waals surface area (Å²) in [5.74, 6) is -2.90. The van der Waals surface area contributed by atoms with Crippen molar-refractivity contribution in [3.05, 3.63) is 149 Å². The summed E-state index contributed by atoms with van der Waals surface area (Å²) < 4.78 is 56.7. The number of hydrogen-bond acceptors (Lipinski definition) is 7. The fourth-order valence-electron chi connectivity index (χ4n) is 8.98. The van der Waals surface area contributed by atoms with E-state index in [1.807, 2.05) is 30.3 Å². The van der Waals surface area contributed by atoms with Crippen LogP contribution >= 0.6 is 44.3 Å². The Balaban J connectivity index is 0.000000173. The number of halogens is 7. The summed E-state index contributed by atoms with van der Waals surface area (Å²) in [4.78, 5) is 14.3. The molecule has 4 aromatic rings. The molecule has 1 heterocycles. The van der Waals surface area contributed by atoms with Gasteiger partial charge in [-0.05, 0) is 133 Å². The van der Waals surface area contributed by atoms with E-state index < -0.39 is 34.4 Å². The maximum atomic E-state index is 13.9. The van der Waals surface area contributed by atoms with Crippen LogP contribution in [-0.4, -0.2) is 36.0 Å². The summed E-state index contributed by atoms with van der Waals surface area (Å²) in [6.45, 7) is 7.19. The van der Waals surface area contributed by atoms with Crippen molar-refractivity contribution in [3.8, 4) is 0 Å². The quantitative estimate of drug-likeness (QED) is 0.0931. The van der Waals surface area contributed by atoms with Crippen LogP contribution in [0, 0.1) is 40.7 Å². The smallest absolute Gasteiger partial charge is 0.221 e. The van der Waals surface area contributed by atoms with Crippen LogP contribution in [0.3, 0.4) is 0 Å². The molecule has 9 rings (SSSR count). The molecule has 0 radical (unpaired) electrons. The van der Waals surface area contributed by atoms with Crippen molar-refractivity contribution < 1.29 is 27.6 Å². The number of aliphatic imine (C=N–C) groups is 1. The standard InChI is InChI=1S/C20H18BrF2N3O.C19H13BrF2N2.CH5NO.ClH/c1-26-18(24)25-20(27-26)15-8-14(21)3-2-12(15)9-19(20)5-4-11-6-16(22)17(23)7-13(11)10-19;1-23-24-18-15-8-14(20)3-2-12(15)9-19(18)5-4-11-6-16(21)17(22)7-13(11)10-19;1-2-3;/h2-3,6-8H,4-5,9-10H2,1H3,(H2,24,25);2-3,6-8H,4-5,9-10H2;2-3H,1H3;1H/b;24-18+;;. The van der Waals surface area contributed by atoms with Crippen LogP contribution in [-0.2, 0) is 49.1 Å². The Morgan fingerprint density at radius 2 is 1.33 bits per heavy atom. The highest BCUT2D eigenvalue weighted by Gasteiger charge is 2.63. The SMILES string of the molecule is CN1OC2(N=C1N)c1cc(Br)ccc1CC21CCc2cc(F)c(F)cc2C1.CNO.Cl.[C-]#[N+]/N=C1\c2cc(Br)ccc2CC12CCc1cc(F)c(F)cc1C2. The maximum absolute atomic E-state index is 13.9. The number of rotatable bonds is 0. The molecule has 288 valence electrons. The van der Waals surface area contributed by atoms with Crippen molar-refractivity contribution in [3.63, 3.8) is 0 Å². The predicted octanol–water partition coefficient (Wildman–Crippen LogP) is 8.90. The summed E-state index contributed by atoms with van der Waals surface area (Å²) in [7, 11) is 3.17. The lowest BCUT2D eigenvalue weighted by molar-refractivity contribution is -0.224. The molecule has 3 atom stereocenters. The van der Waals surface area contributed by atoms with Gasteiger partial charge in [-0.25, -0.2) is 37.9 Å². The van der Waals surface area contributed by atoms with Crippen LogP contribution in [0.1, 0.15) is 57.3 Å². The van der Waals surface area contributed by atoms with E-state index in [1.165, 1.54) is 36.4 Å². The van der Waals surface area contributed by atoms with E-state index in [4.69, 9.17) is 27.3 Å². The highest BCUT2D eigenvalue weighted by atomic mass is 79.9. The molecule has 4 aliphatic carbocycles. The number of nitrogens with one attached hydrogen (secondary N) is 1. The van der Waals surface area contributed by atoms with E-state index >= 15 is 0 Å². The van der Waals surface area contributed by atoms with E-state index in [0.717, 1.165) is 84.8 Å². The molecule has 0 saturated carbocycles. The van der Waals surface area contributed by atoms with Crippen LogP contribution in [0.15, 0.2) is 79.7 Å². The van der Waals surface area contributed by atoms with Crippen molar-refractivity contribution in [2.45, 2.75) is 57.1 Å². The molecule has 3 unspecified atom stereocenters. The molecule has 4 N–H and O–H groups in total. The molecule has 8 nitrogen and oxygen atoms in total. The zero-order valence-electron chi connectivity index (χ0n) is 29.8. The maximum Gasteiger partial charge on any atom is 0.221 e. The zero-order valence-corrected chi connectivity index (χ0v) is 33.8. The van der Waals surface area contributed by atoms with Gasteiger partial charge in [-0.1, -0.05) is 44.0 Å². The summed E-state index contributed by atoms with van der Waals surface area (Å²) >= 11 is 7.02. The third-order valence-electron chi connectivity index (χ3n) is 11.3. The van der Waals surface area contributed by atoms with Gasteiger partial charge in [0.25, 0.3) is 0 Å². The molecule has 5 aliphatic rings. The van der Waals surface area contributed by atoms with E-state index in [9.17, 15) is 17.6 Å². The normalized spacial score (nSPS) is 24.5. The van der Waals surface area contributed by atoms with Gasteiger partial charge in [0.05, 0.1) is 5.10 Å². The fourth-order valence-corrected chi connectivity index (χ4v) is 9.70. The molecule has 15 heteroatoms. The minimum Gasteiger partial charge on any atom is -0.368 e. The third-order valence-corrected chi connectivity index (χ3v) is 12.3. The average Bonchev–Trinajstić information content (AvgIpc) is 3.69. The number of guanidine groups is 1. The van der Waals surface area contributed by atoms with Crippen LogP contribution in [0.2, 0.25) is 0 Å². The molecule has 1 aliphatic heterocycles. The first-order valence-corrected chi connectivity index (χ1v) is 18.9. The Morgan fingerprint density at radius 3 is 1.91 bits per heavy atom. The number of nitrogens with two attached hydrogens (primary N) is 1. The molecule has 0 fully saturated rings. The summed E-state index contributed by atoms with van der Waals surface area (Å²) in [6.07, 6.45) is 5.51. The molecule has 3 spiro atoms. The van der Waals surface area contributed by atoms with Gasteiger partial charge in [0.15, 0.2) is 23.3 Å². The first-order chi connectivity index (χ1) is 25.8. The summed E-state index contributed by atoms with van der Waals surface area (Å²) in [5, 5.41) is 12.9. The van der Waals surface area contributed by atoms with Crippen molar-refractivity contribution >= 4 is 55.9 Å². The molecule has 0 saturated heterocycles. The van der Waals surface area contributed by atoms with Crippen molar-refractivity contribution in [1.82, 2.24) is 10.5 Å². The van der Waals surface area contributed by atoms with Gasteiger partial charge in [-0.2, -0.15) is 6.57 Å². The molecule has 55 heavy (non-hydrogen) atoms. The predicted molar refractivity (Wildman–Crippen MR) is 211 cm³/mol. The van der Waals surface area contributed by atoms with Crippen molar-refractivity contribution in [2.75, 3.05) is 14.1 Å². The molecule has 0 aromatic heterocycles.